The van der Waals surface area contributed by atoms with Crippen LogP contribution in [0.4, 0.5) is 0 Å². The van der Waals surface area contributed by atoms with E-state index in [9.17, 15) is 4.79 Å². The van der Waals surface area contributed by atoms with E-state index in [1.807, 2.05) is 36.4 Å². The molecule has 2 aromatic rings. The molecule has 0 fully saturated rings. The molecule has 21 heavy (non-hydrogen) atoms. The second-order valence-electron chi connectivity index (χ2n) is 5.01. The quantitative estimate of drug-likeness (QED) is 0.501. The number of alkyl halides is 2. The summed E-state index contributed by atoms with van der Waals surface area (Å²) in [7, 11) is 0. The van der Waals surface area contributed by atoms with Crippen LogP contribution in [0.15, 0.2) is 42.5 Å². The van der Waals surface area contributed by atoms with Gasteiger partial charge in [0.1, 0.15) is 0 Å². The number of carbonyl (C=O) groups excluding carboxylic acids is 1. The molecule has 2 aromatic carbocycles. The van der Waals surface area contributed by atoms with Crippen molar-refractivity contribution in [2.75, 3.05) is 11.8 Å². The SMILES string of the molecule is CC(CCl)(CCl)N(Cl)NC(=O)c1cccc2ccccc12. The highest BCUT2D eigenvalue weighted by atomic mass is 35.5. The lowest BCUT2D eigenvalue weighted by molar-refractivity contribution is 0.0814. The van der Waals surface area contributed by atoms with Gasteiger partial charge in [0.25, 0.3) is 5.91 Å². The second-order valence-corrected chi connectivity index (χ2v) is 5.89. The lowest BCUT2D eigenvalue weighted by atomic mass is 10.0. The van der Waals surface area contributed by atoms with Gasteiger partial charge in [-0.25, -0.2) is 0 Å². The van der Waals surface area contributed by atoms with E-state index in [-0.39, 0.29) is 17.7 Å². The number of nitrogens with one attached hydrogen (secondary N) is 1. The predicted octanol–water partition coefficient (Wildman–Crippen LogP) is 4.18. The zero-order valence-corrected chi connectivity index (χ0v) is 13.7. The molecule has 0 aliphatic carbocycles. The summed E-state index contributed by atoms with van der Waals surface area (Å²) in [5.74, 6) is 0.0781. The van der Waals surface area contributed by atoms with Crippen LogP contribution >= 0.6 is 35.0 Å². The number of hydrogen-bond acceptors (Lipinski definition) is 2. The van der Waals surface area contributed by atoms with Crippen LogP contribution in [-0.2, 0) is 0 Å². The van der Waals surface area contributed by atoms with Gasteiger partial charge in [0.05, 0.1) is 5.54 Å². The molecule has 0 aliphatic rings. The minimum Gasteiger partial charge on any atom is -0.270 e. The van der Waals surface area contributed by atoms with Gasteiger partial charge in [0.2, 0.25) is 0 Å². The highest BCUT2D eigenvalue weighted by molar-refractivity contribution is 6.23. The first-order valence-corrected chi connectivity index (χ1v) is 7.79. The molecular weight excluding hydrogens is 331 g/mol. The third kappa shape index (κ3) is 3.43. The Kier molecular flexibility index (Phi) is 5.33. The predicted molar refractivity (Wildman–Crippen MR) is 89.0 cm³/mol. The van der Waals surface area contributed by atoms with E-state index >= 15 is 0 Å². The van der Waals surface area contributed by atoms with E-state index in [1.165, 1.54) is 0 Å². The van der Waals surface area contributed by atoms with Gasteiger partial charge in [0, 0.05) is 29.1 Å². The van der Waals surface area contributed by atoms with Gasteiger partial charge in [-0.3, -0.25) is 10.2 Å². The molecule has 0 atom stereocenters. The van der Waals surface area contributed by atoms with E-state index in [4.69, 9.17) is 35.0 Å². The fraction of sp³-hybridized carbons (Fsp3) is 0.267. The molecule has 3 nitrogen and oxygen atoms in total. The Bertz CT molecular complexity index is 638. The number of halogens is 3. The molecular formula is C15H15Cl3N2O. The van der Waals surface area contributed by atoms with Gasteiger partial charge in [-0.1, -0.05) is 36.4 Å². The second kappa shape index (κ2) is 6.84. The van der Waals surface area contributed by atoms with E-state index in [1.54, 1.807) is 13.0 Å². The highest BCUT2D eigenvalue weighted by Gasteiger charge is 2.31. The Labute approximate surface area is 138 Å². The van der Waals surface area contributed by atoms with Crippen molar-refractivity contribution in [1.29, 1.82) is 0 Å². The number of hydrogen-bond donors (Lipinski definition) is 1. The normalized spacial score (nSPS) is 11.9. The van der Waals surface area contributed by atoms with Crippen LogP contribution in [0.3, 0.4) is 0 Å². The Morgan fingerprint density at radius 2 is 1.76 bits per heavy atom. The fourth-order valence-electron chi connectivity index (χ4n) is 1.85. The largest absolute Gasteiger partial charge is 0.270 e. The first-order chi connectivity index (χ1) is 10.0. The van der Waals surface area contributed by atoms with Gasteiger partial charge in [0.15, 0.2) is 0 Å². The molecule has 2 rings (SSSR count). The first kappa shape index (κ1) is 16.4. The zero-order valence-electron chi connectivity index (χ0n) is 11.4. The summed E-state index contributed by atoms with van der Waals surface area (Å²) in [6.07, 6.45) is 0. The van der Waals surface area contributed by atoms with Crippen molar-refractivity contribution in [3.8, 4) is 0 Å². The summed E-state index contributed by atoms with van der Waals surface area (Å²) < 4.78 is 1.15. The van der Waals surface area contributed by atoms with Crippen LogP contribution in [0.1, 0.15) is 17.3 Å². The number of carbonyl (C=O) groups is 1. The van der Waals surface area contributed by atoms with Gasteiger partial charge in [-0.05, 0) is 23.8 Å². The summed E-state index contributed by atoms with van der Waals surface area (Å²) in [4.78, 5) is 12.4. The van der Waals surface area contributed by atoms with Crippen LogP contribution in [-0.4, -0.2) is 27.7 Å². The third-order valence-corrected chi connectivity index (χ3v) is 4.93. The van der Waals surface area contributed by atoms with Crippen molar-refractivity contribution < 1.29 is 4.79 Å². The van der Waals surface area contributed by atoms with E-state index in [2.05, 4.69) is 5.43 Å². The molecule has 112 valence electrons. The Balaban J connectivity index is 2.27. The van der Waals surface area contributed by atoms with Gasteiger partial charge in [-0.15, -0.1) is 27.7 Å². The van der Waals surface area contributed by atoms with Gasteiger partial charge in [-0.2, -0.15) is 0 Å². The number of amides is 1. The maximum Gasteiger partial charge on any atom is 0.267 e. The average Bonchev–Trinajstić information content (AvgIpc) is 2.53. The Hall–Kier alpha value is -1.00. The molecule has 1 N–H and O–H groups in total. The molecule has 0 spiro atoms. The van der Waals surface area contributed by atoms with Crippen molar-refractivity contribution in [1.82, 2.24) is 9.95 Å². The summed E-state index contributed by atoms with van der Waals surface area (Å²) >= 11 is 17.8. The van der Waals surface area contributed by atoms with Gasteiger partial charge >= 0.3 is 0 Å². The molecule has 0 saturated heterocycles. The Morgan fingerprint density at radius 3 is 2.43 bits per heavy atom. The van der Waals surface area contributed by atoms with Crippen molar-refractivity contribution in [2.24, 2.45) is 0 Å². The standard InChI is InChI=1S/C15H15Cl3N2O/c1-15(9-16,10-17)20(18)19-14(21)13-8-4-6-11-5-2-3-7-12(11)13/h2-8H,9-10H2,1H3,(H,19,21). The molecule has 0 aliphatic heterocycles. The number of benzene rings is 2. The molecule has 0 heterocycles. The topological polar surface area (TPSA) is 32.3 Å². The molecule has 0 aromatic heterocycles. The fourth-order valence-corrected chi connectivity index (χ4v) is 2.69. The smallest absolute Gasteiger partial charge is 0.267 e. The van der Waals surface area contributed by atoms with E-state index in [0.29, 0.717) is 5.56 Å². The van der Waals surface area contributed by atoms with Crippen LogP contribution in [0.2, 0.25) is 0 Å². The molecule has 0 radical (unpaired) electrons. The van der Waals surface area contributed by atoms with Crippen molar-refractivity contribution >= 4 is 51.7 Å². The molecule has 1 amide bonds. The lowest BCUT2D eigenvalue weighted by Crippen LogP contribution is -2.52. The summed E-state index contributed by atoms with van der Waals surface area (Å²) in [5.41, 5.74) is 2.44. The minimum atomic E-state index is -0.731. The summed E-state index contributed by atoms with van der Waals surface area (Å²) in [6.45, 7) is 1.77. The van der Waals surface area contributed by atoms with Crippen LogP contribution in [0.5, 0.6) is 0 Å². The van der Waals surface area contributed by atoms with Crippen LogP contribution in [0.25, 0.3) is 10.8 Å². The number of hydrazine groups is 1. The monoisotopic (exact) mass is 344 g/mol. The van der Waals surface area contributed by atoms with E-state index < -0.39 is 5.54 Å². The van der Waals surface area contributed by atoms with Crippen molar-refractivity contribution in [2.45, 2.75) is 12.5 Å². The zero-order chi connectivity index (χ0) is 15.5. The number of fused-ring (bicyclic) bond motifs is 1. The van der Waals surface area contributed by atoms with Crippen LogP contribution < -0.4 is 5.43 Å². The molecule has 0 saturated carbocycles. The molecule has 0 unspecified atom stereocenters. The minimum absolute atomic E-state index is 0.190. The maximum absolute atomic E-state index is 12.4. The molecule has 0 bridgehead atoms. The highest BCUT2D eigenvalue weighted by Crippen LogP contribution is 2.22. The summed E-state index contributed by atoms with van der Waals surface area (Å²) in [5, 5.41) is 1.85. The van der Waals surface area contributed by atoms with Crippen molar-refractivity contribution in [3.63, 3.8) is 0 Å². The average molecular weight is 346 g/mol. The van der Waals surface area contributed by atoms with Crippen molar-refractivity contribution in [3.05, 3.63) is 48.0 Å². The maximum atomic E-state index is 12.4. The number of nitrogens with zero attached hydrogens (tertiary/aromatic N) is 1. The van der Waals surface area contributed by atoms with Crippen LogP contribution in [0, 0.1) is 0 Å². The Morgan fingerprint density at radius 1 is 1.14 bits per heavy atom. The first-order valence-electron chi connectivity index (χ1n) is 6.38. The lowest BCUT2D eigenvalue weighted by Gasteiger charge is -2.32. The summed E-state index contributed by atoms with van der Waals surface area (Å²) in [6, 6.07) is 13.2. The molecule has 6 heteroatoms. The number of rotatable bonds is 5. The van der Waals surface area contributed by atoms with E-state index in [0.717, 1.165) is 15.3 Å². The third-order valence-electron chi connectivity index (χ3n) is 3.28. The van der Waals surface area contributed by atoms with Gasteiger partial charge < -0.3 is 0 Å².